The van der Waals surface area contributed by atoms with Gasteiger partial charge >= 0.3 is 0 Å². The van der Waals surface area contributed by atoms with E-state index in [1.54, 1.807) is 7.11 Å². The number of quaternary nitrogens is 1. The Labute approximate surface area is 130 Å². The van der Waals surface area contributed by atoms with Gasteiger partial charge < -0.3 is 14.4 Å². The highest BCUT2D eigenvalue weighted by molar-refractivity contribution is 6.00. The van der Waals surface area contributed by atoms with Crippen LogP contribution in [0.3, 0.4) is 0 Å². The number of carbonyl (C=O) groups excluding carboxylic acids is 1. The quantitative estimate of drug-likeness (QED) is 0.847. The Kier molecular flexibility index (Phi) is 4.71. The van der Waals surface area contributed by atoms with Crippen LogP contribution in [0.25, 0.3) is 10.8 Å². The lowest BCUT2D eigenvalue weighted by Gasteiger charge is -2.23. The van der Waals surface area contributed by atoms with Gasteiger partial charge in [0.2, 0.25) is 0 Å². The van der Waals surface area contributed by atoms with Gasteiger partial charge in [0.25, 0.3) is 0 Å². The predicted molar refractivity (Wildman–Crippen MR) is 85.8 cm³/mol. The summed E-state index contributed by atoms with van der Waals surface area (Å²) in [5.41, 5.74) is 0.797. The molecule has 22 heavy (non-hydrogen) atoms. The van der Waals surface area contributed by atoms with E-state index >= 15 is 0 Å². The van der Waals surface area contributed by atoms with Crippen molar-refractivity contribution in [1.82, 2.24) is 0 Å². The van der Waals surface area contributed by atoms with Gasteiger partial charge in [-0.1, -0.05) is 18.2 Å². The first kappa shape index (κ1) is 15.0. The molecule has 3 rings (SSSR count). The highest BCUT2D eigenvalue weighted by atomic mass is 16.5. The number of methoxy groups -OCH3 is 1. The molecule has 4 heteroatoms. The molecular formula is C18H22NO3+. The smallest absolute Gasteiger partial charge is 0.168 e. The molecule has 1 aliphatic rings. The van der Waals surface area contributed by atoms with E-state index in [2.05, 4.69) is 0 Å². The summed E-state index contributed by atoms with van der Waals surface area (Å²) in [4.78, 5) is 13.8. The van der Waals surface area contributed by atoms with Gasteiger partial charge in [-0.3, -0.25) is 4.79 Å². The van der Waals surface area contributed by atoms with Crippen LogP contribution in [0, 0.1) is 0 Å². The van der Waals surface area contributed by atoms with E-state index in [1.807, 2.05) is 36.4 Å². The Balaban J connectivity index is 1.68. The molecule has 4 nitrogen and oxygen atoms in total. The third kappa shape index (κ3) is 3.46. The van der Waals surface area contributed by atoms with Gasteiger partial charge in [0.05, 0.1) is 33.3 Å². The van der Waals surface area contributed by atoms with Crippen LogP contribution in [-0.4, -0.2) is 45.7 Å². The fourth-order valence-electron chi connectivity index (χ4n) is 2.87. The minimum atomic E-state index is 0.219. The molecule has 1 aliphatic heterocycles. The Morgan fingerprint density at radius 3 is 2.64 bits per heavy atom. The highest BCUT2D eigenvalue weighted by Crippen LogP contribution is 2.22. The van der Waals surface area contributed by atoms with Crippen LogP contribution in [-0.2, 0) is 4.74 Å². The second-order valence-corrected chi connectivity index (χ2v) is 5.71. The summed E-state index contributed by atoms with van der Waals surface area (Å²) in [5, 5.41) is 2.17. The molecule has 0 unspecified atom stereocenters. The third-order valence-electron chi connectivity index (χ3n) is 4.27. The fourth-order valence-corrected chi connectivity index (χ4v) is 2.87. The first-order chi connectivity index (χ1) is 10.8. The molecule has 0 bridgehead atoms. The average Bonchev–Trinajstić information content (AvgIpc) is 2.59. The molecule has 1 fully saturated rings. The van der Waals surface area contributed by atoms with Crippen molar-refractivity contribution in [3.8, 4) is 5.75 Å². The number of rotatable bonds is 5. The van der Waals surface area contributed by atoms with Crippen LogP contribution in [0.5, 0.6) is 5.75 Å². The zero-order valence-corrected chi connectivity index (χ0v) is 12.9. The highest BCUT2D eigenvalue weighted by Gasteiger charge is 2.16. The van der Waals surface area contributed by atoms with Crippen LogP contribution >= 0.6 is 0 Å². The van der Waals surface area contributed by atoms with Crippen LogP contribution in [0.15, 0.2) is 36.4 Å². The summed E-state index contributed by atoms with van der Waals surface area (Å²) in [7, 11) is 1.66. The minimum absolute atomic E-state index is 0.219. The molecule has 0 aromatic heterocycles. The molecule has 2 aromatic carbocycles. The van der Waals surface area contributed by atoms with Gasteiger partial charge in [-0.05, 0) is 29.0 Å². The van der Waals surface area contributed by atoms with E-state index in [1.165, 1.54) is 4.90 Å². The number of Topliss-reactive ketones (excluding diaryl/α,β-unsaturated/α-hetero) is 1. The molecule has 1 heterocycles. The minimum Gasteiger partial charge on any atom is -0.497 e. The first-order valence-corrected chi connectivity index (χ1v) is 7.78. The summed E-state index contributed by atoms with van der Waals surface area (Å²) < 4.78 is 10.6. The lowest BCUT2D eigenvalue weighted by Crippen LogP contribution is -3.14. The van der Waals surface area contributed by atoms with E-state index in [0.717, 1.165) is 54.9 Å². The SMILES string of the molecule is COc1ccc2cc(C(=O)CC[NH+]3CCOCC3)ccc2c1. The normalized spacial score (nSPS) is 15.9. The Morgan fingerprint density at radius 2 is 1.86 bits per heavy atom. The molecule has 0 aliphatic carbocycles. The van der Waals surface area contributed by atoms with Gasteiger partial charge in [0.1, 0.15) is 18.8 Å². The van der Waals surface area contributed by atoms with Crippen LogP contribution < -0.4 is 9.64 Å². The second kappa shape index (κ2) is 6.90. The molecular weight excluding hydrogens is 278 g/mol. The lowest BCUT2D eigenvalue weighted by molar-refractivity contribution is -0.907. The summed E-state index contributed by atoms with van der Waals surface area (Å²) in [6, 6.07) is 11.8. The van der Waals surface area contributed by atoms with Gasteiger partial charge in [-0.15, -0.1) is 0 Å². The molecule has 0 spiro atoms. The van der Waals surface area contributed by atoms with Crippen molar-refractivity contribution in [1.29, 1.82) is 0 Å². The first-order valence-electron chi connectivity index (χ1n) is 7.78. The van der Waals surface area contributed by atoms with Crippen molar-refractivity contribution in [3.05, 3.63) is 42.0 Å². The predicted octanol–water partition coefficient (Wildman–Crippen LogP) is 1.34. The van der Waals surface area contributed by atoms with Crippen LogP contribution in [0.4, 0.5) is 0 Å². The molecule has 0 saturated carbocycles. The second-order valence-electron chi connectivity index (χ2n) is 5.71. The number of nitrogens with one attached hydrogen (secondary N) is 1. The van der Waals surface area contributed by atoms with Crippen molar-refractivity contribution in [2.45, 2.75) is 6.42 Å². The van der Waals surface area contributed by atoms with E-state index in [0.29, 0.717) is 6.42 Å². The molecule has 0 atom stereocenters. The van der Waals surface area contributed by atoms with Crippen molar-refractivity contribution >= 4 is 16.6 Å². The number of ketones is 1. The fraction of sp³-hybridized carbons (Fsp3) is 0.389. The van der Waals surface area contributed by atoms with Gasteiger partial charge in [-0.2, -0.15) is 0 Å². The number of benzene rings is 2. The number of ether oxygens (including phenoxy) is 2. The lowest BCUT2D eigenvalue weighted by atomic mass is 10.0. The van der Waals surface area contributed by atoms with Crippen molar-refractivity contribution in [2.24, 2.45) is 0 Å². The maximum absolute atomic E-state index is 12.4. The molecule has 116 valence electrons. The van der Waals surface area contributed by atoms with E-state index < -0.39 is 0 Å². The van der Waals surface area contributed by atoms with Crippen molar-refractivity contribution in [2.75, 3.05) is 40.0 Å². The topological polar surface area (TPSA) is 40.0 Å². The Bertz CT molecular complexity index is 662. The summed E-state index contributed by atoms with van der Waals surface area (Å²) in [5.74, 6) is 1.05. The van der Waals surface area contributed by atoms with E-state index in [-0.39, 0.29) is 5.78 Å². The zero-order chi connectivity index (χ0) is 15.4. The number of carbonyl (C=O) groups is 1. The number of hydrogen-bond donors (Lipinski definition) is 1. The molecule has 1 N–H and O–H groups in total. The summed E-state index contributed by atoms with van der Waals surface area (Å²) >= 11 is 0. The molecule has 0 radical (unpaired) electrons. The maximum atomic E-state index is 12.4. The van der Waals surface area contributed by atoms with Gasteiger partial charge in [0, 0.05) is 5.56 Å². The summed E-state index contributed by atoms with van der Waals surface area (Å²) in [6.45, 7) is 4.51. The third-order valence-corrected chi connectivity index (χ3v) is 4.27. The Morgan fingerprint density at radius 1 is 1.14 bits per heavy atom. The van der Waals surface area contributed by atoms with Gasteiger partial charge in [-0.25, -0.2) is 0 Å². The van der Waals surface area contributed by atoms with Crippen LogP contribution in [0.1, 0.15) is 16.8 Å². The zero-order valence-electron chi connectivity index (χ0n) is 12.9. The average molecular weight is 300 g/mol. The largest absolute Gasteiger partial charge is 0.497 e. The van der Waals surface area contributed by atoms with Crippen molar-refractivity contribution < 1.29 is 19.2 Å². The molecule has 0 amide bonds. The molecule has 2 aromatic rings. The maximum Gasteiger partial charge on any atom is 0.168 e. The van der Waals surface area contributed by atoms with Gasteiger partial charge in [0.15, 0.2) is 5.78 Å². The number of hydrogen-bond acceptors (Lipinski definition) is 3. The van der Waals surface area contributed by atoms with Crippen molar-refractivity contribution in [3.63, 3.8) is 0 Å². The van der Waals surface area contributed by atoms with E-state index in [4.69, 9.17) is 9.47 Å². The Hall–Kier alpha value is -1.91. The number of morpholine rings is 1. The van der Waals surface area contributed by atoms with Crippen LogP contribution in [0.2, 0.25) is 0 Å². The monoisotopic (exact) mass is 300 g/mol. The summed E-state index contributed by atoms with van der Waals surface area (Å²) in [6.07, 6.45) is 0.594. The number of fused-ring (bicyclic) bond motifs is 1. The standard InChI is InChI=1S/C18H21NO3/c1-21-17-5-4-14-12-16(3-2-15(14)13-17)18(20)6-7-19-8-10-22-11-9-19/h2-5,12-13H,6-11H2,1H3/p+1. The van der Waals surface area contributed by atoms with E-state index in [9.17, 15) is 4.79 Å². The molecule has 1 saturated heterocycles.